The summed E-state index contributed by atoms with van der Waals surface area (Å²) in [5.74, 6) is -1.51. The zero-order valence-corrected chi connectivity index (χ0v) is 13.1. The van der Waals surface area contributed by atoms with Crippen LogP contribution in [0.1, 0.15) is 21.6 Å². The van der Waals surface area contributed by atoms with Gasteiger partial charge in [0, 0.05) is 6.20 Å². The molecule has 0 spiro atoms. The van der Waals surface area contributed by atoms with Crippen LogP contribution in [0.5, 0.6) is 0 Å². The fourth-order valence-electron chi connectivity index (χ4n) is 1.88. The van der Waals surface area contributed by atoms with Crippen LogP contribution in [-0.2, 0) is 22.4 Å². The van der Waals surface area contributed by atoms with Crippen LogP contribution in [0.25, 0.3) is 0 Å². The fourth-order valence-corrected chi connectivity index (χ4v) is 2.91. The van der Waals surface area contributed by atoms with E-state index in [0.717, 1.165) is 6.20 Å². The number of halogens is 6. The van der Waals surface area contributed by atoms with Crippen LogP contribution < -0.4 is 4.72 Å². The van der Waals surface area contributed by atoms with Crippen molar-refractivity contribution in [2.24, 2.45) is 0 Å². The van der Waals surface area contributed by atoms with Gasteiger partial charge in [0.25, 0.3) is 10.0 Å². The molecule has 0 unspecified atom stereocenters. The minimum Gasteiger partial charge on any atom is -0.477 e. The predicted molar refractivity (Wildman–Crippen MR) is 75.0 cm³/mol. The Morgan fingerprint density at radius 2 is 1.46 bits per heavy atom. The Balaban J connectivity index is 2.48. The number of anilines is 1. The number of rotatable bonds is 4. The fraction of sp³-hybridized carbons (Fsp3) is 0.154. The van der Waals surface area contributed by atoms with E-state index in [1.54, 1.807) is 4.72 Å². The molecule has 1 heterocycles. The van der Waals surface area contributed by atoms with Crippen molar-refractivity contribution in [1.29, 1.82) is 0 Å². The van der Waals surface area contributed by atoms with Crippen molar-refractivity contribution >= 4 is 21.7 Å². The number of nitrogens with one attached hydrogen (secondary N) is 2. The maximum Gasteiger partial charge on any atom is 0.416 e. The van der Waals surface area contributed by atoms with Crippen LogP contribution in [0.2, 0.25) is 0 Å². The number of carbonyl (C=O) groups is 1. The van der Waals surface area contributed by atoms with E-state index < -0.39 is 55.7 Å². The SMILES string of the molecule is O=C(O)c1cc(S(=O)(=O)Nc2cc(C(F)(F)F)cc(C(F)(F)F)c2)c[nH]1. The van der Waals surface area contributed by atoms with E-state index in [9.17, 15) is 39.6 Å². The lowest BCUT2D eigenvalue weighted by molar-refractivity contribution is -0.143. The van der Waals surface area contributed by atoms with Crippen LogP contribution in [0.4, 0.5) is 32.0 Å². The molecule has 142 valence electrons. The van der Waals surface area contributed by atoms with E-state index >= 15 is 0 Å². The van der Waals surface area contributed by atoms with Crippen molar-refractivity contribution in [3.05, 3.63) is 47.3 Å². The van der Waals surface area contributed by atoms with Gasteiger partial charge in [-0.3, -0.25) is 4.72 Å². The first-order valence-corrected chi connectivity index (χ1v) is 7.92. The summed E-state index contributed by atoms with van der Waals surface area (Å²) in [5.41, 5.74) is -4.92. The van der Waals surface area contributed by atoms with Gasteiger partial charge >= 0.3 is 18.3 Å². The van der Waals surface area contributed by atoms with Crippen molar-refractivity contribution in [2.45, 2.75) is 17.2 Å². The second kappa shape index (κ2) is 6.23. The van der Waals surface area contributed by atoms with Gasteiger partial charge in [-0.25, -0.2) is 13.2 Å². The lowest BCUT2D eigenvalue weighted by atomic mass is 10.1. The zero-order valence-electron chi connectivity index (χ0n) is 12.2. The maximum absolute atomic E-state index is 12.8. The highest BCUT2D eigenvalue weighted by molar-refractivity contribution is 7.92. The minimum atomic E-state index is -5.15. The van der Waals surface area contributed by atoms with Gasteiger partial charge < -0.3 is 10.1 Å². The van der Waals surface area contributed by atoms with Crippen molar-refractivity contribution in [3.8, 4) is 0 Å². The van der Waals surface area contributed by atoms with Crippen LogP contribution >= 0.6 is 0 Å². The normalized spacial score (nSPS) is 12.8. The van der Waals surface area contributed by atoms with Crippen molar-refractivity contribution < 1.29 is 44.7 Å². The molecule has 26 heavy (non-hydrogen) atoms. The molecular weight excluding hydrogens is 394 g/mol. The third-order valence-electron chi connectivity index (χ3n) is 3.04. The first-order valence-electron chi connectivity index (χ1n) is 6.44. The first-order chi connectivity index (χ1) is 11.7. The van der Waals surface area contributed by atoms with Gasteiger partial charge in [0.05, 0.1) is 16.8 Å². The number of carboxylic acid groups (broad SMARTS) is 1. The number of benzene rings is 1. The molecule has 2 rings (SSSR count). The van der Waals surface area contributed by atoms with E-state index in [2.05, 4.69) is 4.98 Å². The second-order valence-electron chi connectivity index (χ2n) is 4.95. The van der Waals surface area contributed by atoms with Crippen LogP contribution in [-0.4, -0.2) is 24.5 Å². The highest BCUT2D eigenvalue weighted by Gasteiger charge is 2.37. The molecule has 0 radical (unpaired) electrons. The summed E-state index contributed by atoms with van der Waals surface area (Å²) >= 11 is 0. The van der Waals surface area contributed by atoms with E-state index in [0.29, 0.717) is 6.07 Å². The van der Waals surface area contributed by atoms with E-state index in [1.165, 1.54) is 0 Å². The molecule has 0 aliphatic rings. The smallest absolute Gasteiger partial charge is 0.416 e. The van der Waals surface area contributed by atoms with Gasteiger partial charge in [0.2, 0.25) is 0 Å². The minimum absolute atomic E-state index is 0.156. The zero-order chi connectivity index (χ0) is 19.9. The van der Waals surface area contributed by atoms with Crippen LogP contribution in [0.15, 0.2) is 35.4 Å². The Labute approximate surface area is 141 Å². The Morgan fingerprint density at radius 1 is 0.962 bits per heavy atom. The summed E-state index contributed by atoms with van der Waals surface area (Å²) in [6.45, 7) is 0. The Hall–Kier alpha value is -2.70. The molecule has 0 atom stereocenters. The van der Waals surface area contributed by atoms with Gasteiger partial charge in [-0.15, -0.1) is 0 Å². The van der Waals surface area contributed by atoms with Crippen molar-refractivity contribution in [3.63, 3.8) is 0 Å². The molecule has 13 heteroatoms. The van der Waals surface area contributed by atoms with Crippen LogP contribution in [0.3, 0.4) is 0 Å². The molecular formula is C13H8F6N2O4S. The number of aromatic amines is 1. The van der Waals surface area contributed by atoms with Gasteiger partial charge in [-0.1, -0.05) is 0 Å². The van der Waals surface area contributed by atoms with Crippen molar-refractivity contribution in [2.75, 3.05) is 4.72 Å². The molecule has 0 aliphatic heterocycles. The number of aromatic carboxylic acids is 1. The maximum atomic E-state index is 12.8. The number of aromatic nitrogens is 1. The summed E-state index contributed by atoms with van der Waals surface area (Å²) in [6, 6.07) is 0.884. The second-order valence-corrected chi connectivity index (χ2v) is 6.64. The Bertz CT molecular complexity index is 914. The lowest BCUT2D eigenvalue weighted by Crippen LogP contribution is -2.16. The molecule has 0 saturated heterocycles. The van der Waals surface area contributed by atoms with Gasteiger partial charge in [0.1, 0.15) is 10.6 Å². The highest BCUT2D eigenvalue weighted by Crippen LogP contribution is 2.37. The summed E-state index contributed by atoms with van der Waals surface area (Å²) < 4.78 is 102. The summed E-state index contributed by atoms with van der Waals surface area (Å²) in [5, 5.41) is 8.71. The average Bonchev–Trinajstić information content (AvgIpc) is 2.95. The van der Waals surface area contributed by atoms with Gasteiger partial charge in [-0.2, -0.15) is 26.3 Å². The third kappa shape index (κ3) is 4.28. The van der Waals surface area contributed by atoms with E-state index in [1.807, 2.05) is 0 Å². The summed E-state index contributed by atoms with van der Waals surface area (Å²) in [4.78, 5) is 12.1. The molecule has 1 aromatic heterocycles. The topological polar surface area (TPSA) is 99.3 Å². The number of alkyl halides is 6. The average molecular weight is 402 g/mol. The molecule has 0 aliphatic carbocycles. The molecule has 1 aromatic carbocycles. The third-order valence-corrected chi connectivity index (χ3v) is 4.40. The molecule has 3 N–H and O–H groups in total. The summed E-state index contributed by atoms with van der Waals surface area (Å²) in [6.07, 6.45) is -9.57. The molecule has 0 fully saturated rings. The lowest BCUT2D eigenvalue weighted by Gasteiger charge is -2.15. The Kier molecular flexibility index (Phi) is 4.70. The molecule has 0 saturated carbocycles. The molecule has 2 aromatic rings. The summed E-state index contributed by atoms with van der Waals surface area (Å²) in [7, 11) is -4.63. The van der Waals surface area contributed by atoms with Crippen LogP contribution in [0, 0.1) is 0 Å². The van der Waals surface area contributed by atoms with Gasteiger partial charge in [0.15, 0.2) is 0 Å². The number of hydrogen-bond acceptors (Lipinski definition) is 3. The monoisotopic (exact) mass is 402 g/mol. The highest BCUT2D eigenvalue weighted by atomic mass is 32.2. The van der Waals surface area contributed by atoms with Gasteiger partial charge in [-0.05, 0) is 24.3 Å². The molecule has 0 bridgehead atoms. The largest absolute Gasteiger partial charge is 0.477 e. The standard InChI is InChI=1S/C13H8F6N2O4S/c14-12(15,16)6-1-7(13(17,18)19)3-8(2-6)21-26(24,25)9-4-10(11(22)23)20-5-9/h1-5,20-21H,(H,22,23). The number of carboxylic acids is 1. The predicted octanol–water partition coefficient (Wildman–Crippen LogP) is 3.55. The molecule has 0 amide bonds. The van der Waals surface area contributed by atoms with E-state index in [4.69, 9.17) is 5.11 Å². The molecule has 6 nitrogen and oxygen atoms in total. The number of hydrogen-bond donors (Lipinski definition) is 3. The van der Waals surface area contributed by atoms with E-state index in [-0.39, 0.29) is 18.2 Å². The quantitative estimate of drug-likeness (QED) is 0.681. The number of H-pyrrole nitrogens is 1. The Morgan fingerprint density at radius 3 is 1.85 bits per heavy atom. The number of sulfonamides is 1. The first kappa shape index (κ1) is 19.6. The van der Waals surface area contributed by atoms with Crippen molar-refractivity contribution in [1.82, 2.24) is 4.98 Å².